The molecule has 0 aliphatic carbocycles. The summed E-state index contributed by atoms with van der Waals surface area (Å²) in [7, 11) is 2.10. The van der Waals surface area contributed by atoms with Gasteiger partial charge in [-0.05, 0) is 25.2 Å². The van der Waals surface area contributed by atoms with Crippen molar-refractivity contribution in [3.8, 4) is 27.0 Å². The Balaban J connectivity index is 1.49. The summed E-state index contributed by atoms with van der Waals surface area (Å²) in [6, 6.07) is 10.4. The first kappa shape index (κ1) is 15.1. The Morgan fingerprint density at radius 3 is 3.16 bits per heavy atom. The van der Waals surface area contributed by atoms with Gasteiger partial charge in [0.05, 0.1) is 10.9 Å². The van der Waals surface area contributed by atoms with E-state index in [-0.39, 0.29) is 6.04 Å². The quantitative estimate of drug-likeness (QED) is 0.763. The summed E-state index contributed by atoms with van der Waals surface area (Å²) in [4.78, 5) is 9.15. The summed E-state index contributed by atoms with van der Waals surface area (Å²) < 4.78 is 11.4. The Morgan fingerprint density at radius 2 is 2.24 bits per heavy atom. The number of ether oxygens (including phenoxy) is 1. The highest BCUT2D eigenvalue weighted by molar-refractivity contribution is 7.19. The summed E-state index contributed by atoms with van der Waals surface area (Å²) in [5.41, 5.74) is 2.31. The summed E-state index contributed by atoms with van der Waals surface area (Å²) in [6.07, 6.45) is 0. The number of thiophene rings is 1. The number of fused-ring (bicyclic) bond motifs is 3. The zero-order valence-corrected chi connectivity index (χ0v) is 14.7. The van der Waals surface area contributed by atoms with Crippen molar-refractivity contribution in [2.24, 2.45) is 0 Å². The van der Waals surface area contributed by atoms with E-state index in [0.29, 0.717) is 12.5 Å². The van der Waals surface area contributed by atoms with Gasteiger partial charge in [0, 0.05) is 35.6 Å². The summed E-state index contributed by atoms with van der Waals surface area (Å²) in [6.45, 7) is 3.40. The molecule has 1 fully saturated rings. The minimum absolute atomic E-state index is 0.157. The summed E-state index contributed by atoms with van der Waals surface area (Å²) >= 11 is 1.69. The Morgan fingerprint density at radius 1 is 1.32 bits per heavy atom. The third-order valence-corrected chi connectivity index (χ3v) is 5.98. The zero-order chi connectivity index (χ0) is 16.8. The van der Waals surface area contributed by atoms with Gasteiger partial charge in [-0.25, -0.2) is 0 Å². The normalized spacial score (nSPS) is 20.0. The van der Waals surface area contributed by atoms with Crippen molar-refractivity contribution in [1.82, 2.24) is 20.4 Å². The van der Waals surface area contributed by atoms with Gasteiger partial charge < -0.3 is 14.6 Å². The van der Waals surface area contributed by atoms with Crippen molar-refractivity contribution in [2.45, 2.75) is 12.6 Å². The van der Waals surface area contributed by atoms with Crippen LogP contribution >= 0.6 is 11.3 Å². The second-order valence-corrected chi connectivity index (χ2v) is 7.46. The Labute approximate surface area is 149 Å². The number of hydrogen-bond donors (Lipinski definition) is 1. The number of nitrogens with zero attached hydrogens (tertiary/aromatic N) is 3. The lowest BCUT2D eigenvalue weighted by molar-refractivity contribution is 0.190. The molecular weight excluding hydrogens is 336 g/mol. The minimum Gasteiger partial charge on any atom is -0.488 e. The van der Waals surface area contributed by atoms with E-state index < -0.39 is 0 Å². The molecule has 7 heteroatoms. The van der Waals surface area contributed by atoms with Gasteiger partial charge in [0.2, 0.25) is 0 Å². The lowest BCUT2D eigenvalue weighted by atomic mass is 10.1. The van der Waals surface area contributed by atoms with Crippen LogP contribution in [0, 0.1) is 0 Å². The highest BCUT2D eigenvalue weighted by atomic mass is 32.1. The van der Waals surface area contributed by atoms with E-state index in [2.05, 4.69) is 39.5 Å². The molecule has 0 saturated carbocycles. The molecule has 3 aromatic rings. The smallest absolute Gasteiger partial charge is 0.268 e. The maximum Gasteiger partial charge on any atom is 0.268 e. The fraction of sp³-hybridized carbons (Fsp3) is 0.333. The molecule has 0 radical (unpaired) electrons. The Kier molecular flexibility index (Phi) is 3.58. The van der Waals surface area contributed by atoms with E-state index in [4.69, 9.17) is 9.26 Å². The minimum atomic E-state index is 0.157. The molecule has 1 unspecified atom stereocenters. The van der Waals surface area contributed by atoms with E-state index in [1.54, 1.807) is 11.3 Å². The molecule has 6 nitrogen and oxygen atoms in total. The van der Waals surface area contributed by atoms with Gasteiger partial charge in [-0.2, -0.15) is 4.98 Å². The van der Waals surface area contributed by atoms with Crippen LogP contribution in [0.15, 0.2) is 34.9 Å². The van der Waals surface area contributed by atoms with Crippen LogP contribution in [0.2, 0.25) is 0 Å². The first-order chi connectivity index (χ1) is 12.3. The molecule has 5 rings (SSSR count). The third-order valence-electron chi connectivity index (χ3n) is 4.79. The predicted molar refractivity (Wildman–Crippen MR) is 95.6 cm³/mol. The lowest BCUT2D eigenvalue weighted by Gasteiger charge is -2.30. The van der Waals surface area contributed by atoms with Gasteiger partial charge >= 0.3 is 0 Å². The average Bonchev–Trinajstić information content (AvgIpc) is 3.29. The van der Waals surface area contributed by atoms with Crippen LogP contribution in [0.5, 0.6) is 5.75 Å². The number of para-hydroxylation sites is 1. The zero-order valence-electron chi connectivity index (χ0n) is 13.9. The molecule has 0 bridgehead atoms. The number of rotatable bonds is 2. The number of aromatic nitrogens is 2. The molecule has 1 N–H and O–H groups in total. The van der Waals surface area contributed by atoms with Crippen molar-refractivity contribution >= 4 is 11.3 Å². The molecule has 2 aliphatic heterocycles. The SMILES string of the molecule is CN1CCNCC1c1noc(-c2cc3c(s2)-c2ccccc2OC3)n1. The number of nitrogens with one attached hydrogen (secondary N) is 1. The molecule has 4 heterocycles. The Bertz CT molecular complexity index is 919. The maximum atomic E-state index is 5.84. The van der Waals surface area contributed by atoms with Gasteiger partial charge in [0.25, 0.3) is 5.89 Å². The van der Waals surface area contributed by atoms with Crippen molar-refractivity contribution in [3.63, 3.8) is 0 Å². The van der Waals surface area contributed by atoms with Gasteiger partial charge in [-0.15, -0.1) is 11.3 Å². The van der Waals surface area contributed by atoms with Gasteiger partial charge in [0.15, 0.2) is 5.82 Å². The number of hydrogen-bond acceptors (Lipinski definition) is 7. The first-order valence-corrected chi connectivity index (χ1v) is 9.21. The number of likely N-dealkylation sites (N-methyl/N-ethyl adjacent to an activating group) is 1. The Hall–Kier alpha value is -2.22. The highest BCUT2D eigenvalue weighted by Crippen LogP contribution is 2.44. The number of benzene rings is 1. The molecule has 2 aromatic heterocycles. The van der Waals surface area contributed by atoms with Crippen LogP contribution in [0.25, 0.3) is 21.2 Å². The second-order valence-electron chi connectivity index (χ2n) is 6.41. The lowest BCUT2D eigenvalue weighted by Crippen LogP contribution is -2.44. The first-order valence-electron chi connectivity index (χ1n) is 8.39. The van der Waals surface area contributed by atoms with Crippen molar-refractivity contribution in [1.29, 1.82) is 0 Å². The van der Waals surface area contributed by atoms with Crippen molar-refractivity contribution in [2.75, 3.05) is 26.7 Å². The molecule has 1 aromatic carbocycles. The summed E-state index contributed by atoms with van der Waals surface area (Å²) in [5, 5.41) is 7.61. The molecule has 1 atom stereocenters. The van der Waals surface area contributed by atoms with Crippen LogP contribution in [0.1, 0.15) is 17.4 Å². The molecule has 0 amide bonds. The summed E-state index contributed by atoms with van der Waals surface area (Å²) in [5.74, 6) is 2.27. The van der Waals surface area contributed by atoms with E-state index in [0.717, 1.165) is 41.6 Å². The standard InChI is InChI=1S/C18H18N4O2S/c1-22-7-6-19-9-13(22)17-20-18(24-21-17)15-8-11-10-23-14-5-3-2-4-12(14)16(11)25-15/h2-5,8,13,19H,6-7,9-10H2,1H3. The van der Waals surface area contributed by atoms with E-state index in [1.165, 1.54) is 10.4 Å². The van der Waals surface area contributed by atoms with Crippen LogP contribution in [-0.2, 0) is 6.61 Å². The van der Waals surface area contributed by atoms with Crippen LogP contribution < -0.4 is 10.1 Å². The fourth-order valence-electron chi connectivity index (χ4n) is 3.37. The molecule has 1 saturated heterocycles. The average molecular weight is 354 g/mol. The monoisotopic (exact) mass is 354 g/mol. The topological polar surface area (TPSA) is 63.4 Å². The maximum absolute atomic E-state index is 5.84. The fourth-order valence-corrected chi connectivity index (χ4v) is 4.49. The van der Waals surface area contributed by atoms with Crippen LogP contribution in [0.3, 0.4) is 0 Å². The highest BCUT2D eigenvalue weighted by Gasteiger charge is 2.27. The molecule has 2 aliphatic rings. The molecular formula is C18H18N4O2S. The van der Waals surface area contributed by atoms with Crippen LogP contribution in [0.4, 0.5) is 0 Å². The molecule has 128 valence electrons. The molecule has 25 heavy (non-hydrogen) atoms. The van der Waals surface area contributed by atoms with Crippen molar-refractivity contribution in [3.05, 3.63) is 41.7 Å². The van der Waals surface area contributed by atoms with Crippen molar-refractivity contribution < 1.29 is 9.26 Å². The largest absolute Gasteiger partial charge is 0.488 e. The third kappa shape index (κ3) is 2.55. The second kappa shape index (κ2) is 5.94. The van der Waals surface area contributed by atoms with E-state index >= 15 is 0 Å². The number of piperazine rings is 1. The van der Waals surface area contributed by atoms with Crippen LogP contribution in [-0.4, -0.2) is 41.7 Å². The van der Waals surface area contributed by atoms with Gasteiger partial charge in [-0.3, -0.25) is 4.90 Å². The predicted octanol–water partition coefficient (Wildman–Crippen LogP) is 2.93. The van der Waals surface area contributed by atoms with E-state index in [9.17, 15) is 0 Å². The van der Waals surface area contributed by atoms with Gasteiger partial charge in [0.1, 0.15) is 12.4 Å². The van der Waals surface area contributed by atoms with E-state index in [1.807, 2.05) is 18.2 Å². The molecule has 0 spiro atoms. The van der Waals surface area contributed by atoms with Gasteiger partial charge in [-0.1, -0.05) is 17.3 Å².